The van der Waals surface area contributed by atoms with Crippen LogP contribution >= 0.6 is 0 Å². The Kier molecular flexibility index (Phi) is 5.83. The second-order valence-corrected chi connectivity index (χ2v) is 11.5. The Hall–Kier alpha value is -2.52. The Labute approximate surface area is 213 Å². The van der Waals surface area contributed by atoms with E-state index in [2.05, 4.69) is 31.9 Å². The molecule has 9 heteroatoms. The Morgan fingerprint density at radius 3 is 2.44 bits per heavy atom. The topological polar surface area (TPSA) is 85.9 Å². The van der Waals surface area contributed by atoms with Crippen LogP contribution in [0.2, 0.25) is 0 Å². The molecule has 3 saturated carbocycles. The molecule has 1 aliphatic heterocycles. The molecule has 0 saturated heterocycles. The number of methoxy groups -OCH3 is 1. The van der Waals surface area contributed by atoms with Crippen LogP contribution in [0.15, 0.2) is 0 Å². The highest BCUT2D eigenvalue weighted by Gasteiger charge is 2.48. The molecule has 0 unspecified atom stereocenters. The Morgan fingerprint density at radius 2 is 1.72 bits per heavy atom. The van der Waals surface area contributed by atoms with Gasteiger partial charge >= 0.3 is 0 Å². The third-order valence-corrected chi connectivity index (χ3v) is 9.27. The van der Waals surface area contributed by atoms with Gasteiger partial charge < -0.3 is 15.0 Å². The van der Waals surface area contributed by atoms with E-state index in [9.17, 15) is 0 Å². The van der Waals surface area contributed by atoms with E-state index in [4.69, 9.17) is 14.8 Å². The molecule has 0 aromatic carbocycles. The van der Waals surface area contributed by atoms with Gasteiger partial charge in [-0.15, -0.1) is 0 Å². The third-order valence-electron chi connectivity index (χ3n) is 9.27. The molecule has 0 radical (unpaired) electrons. The van der Waals surface area contributed by atoms with Crippen molar-refractivity contribution in [3.8, 4) is 0 Å². The van der Waals surface area contributed by atoms with Crippen LogP contribution in [0.25, 0.3) is 11.0 Å². The molecule has 4 heterocycles. The predicted octanol–water partition coefficient (Wildman–Crippen LogP) is 3.38. The molecule has 0 atom stereocenters. The van der Waals surface area contributed by atoms with Crippen LogP contribution in [-0.2, 0) is 31.3 Å². The number of hydrogen-bond acceptors (Lipinski definition) is 7. The first kappa shape index (κ1) is 23.9. The molecule has 0 spiro atoms. The number of nitrogens with zero attached hydrogens (tertiary/aromatic N) is 7. The molecule has 194 valence electrons. The lowest BCUT2D eigenvalue weighted by atomic mass is 9.57. The summed E-state index contributed by atoms with van der Waals surface area (Å²) in [6, 6.07) is 0. The van der Waals surface area contributed by atoms with Crippen molar-refractivity contribution >= 4 is 16.9 Å². The van der Waals surface area contributed by atoms with Crippen molar-refractivity contribution in [1.82, 2.24) is 34.8 Å². The fourth-order valence-corrected chi connectivity index (χ4v) is 7.12. The van der Waals surface area contributed by atoms with Gasteiger partial charge in [-0.1, -0.05) is 0 Å². The fourth-order valence-electron chi connectivity index (χ4n) is 7.12. The van der Waals surface area contributed by atoms with Crippen molar-refractivity contribution in [1.29, 1.82) is 0 Å². The van der Waals surface area contributed by atoms with E-state index in [0.29, 0.717) is 11.0 Å². The van der Waals surface area contributed by atoms with Crippen LogP contribution in [0.3, 0.4) is 0 Å². The highest BCUT2D eigenvalue weighted by Crippen LogP contribution is 2.53. The second kappa shape index (κ2) is 8.80. The van der Waals surface area contributed by atoms with E-state index in [1.807, 2.05) is 25.6 Å². The van der Waals surface area contributed by atoms with Crippen molar-refractivity contribution < 1.29 is 4.74 Å². The SMILES string of the molecule is COCCNC12CCC(Cn3nc(C)c4c3CCN(c3nc(C)nc5c(C)nn(C)c35)C4)(CC1)CC2. The monoisotopic (exact) mass is 492 g/mol. The van der Waals surface area contributed by atoms with Gasteiger partial charge in [-0.25, -0.2) is 9.97 Å². The molecule has 3 fully saturated rings. The first-order valence-electron chi connectivity index (χ1n) is 13.5. The van der Waals surface area contributed by atoms with Crippen LogP contribution in [0.5, 0.6) is 0 Å². The lowest BCUT2D eigenvalue weighted by molar-refractivity contribution is 0.00497. The van der Waals surface area contributed by atoms with Gasteiger partial charge in [0, 0.05) is 63.6 Å². The van der Waals surface area contributed by atoms with Crippen molar-refractivity contribution in [3.05, 3.63) is 28.5 Å². The molecule has 3 aliphatic carbocycles. The average Bonchev–Trinajstić information content (AvgIpc) is 3.34. The summed E-state index contributed by atoms with van der Waals surface area (Å²) in [6.45, 7) is 10.8. The largest absolute Gasteiger partial charge is 0.383 e. The summed E-state index contributed by atoms with van der Waals surface area (Å²) in [6.07, 6.45) is 8.72. The zero-order valence-corrected chi connectivity index (χ0v) is 22.5. The summed E-state index contributed by atoms with van der Waals surface area (Å²) in [4.78, 5) is 12.0. The van der Waals surface area contributed by atoms with Crippen molar-refractivity contribution in [3.63, 3.8) is 0 Å². The Morgan fingerprint density at radius 1 is 0.972 bits per heavy atom. The van der Waals surface area contributed by atoms with E-state index >= 15 is 0 Å². The number of rotatable bonds is 7. The second-order valence-electron chi connectivity index (χ2n) is 11.5. The summed E-state index contributed by atoms with van der Waals surface area (Å²) in [5.41, 5.74) is 7.65. The molecule has 3 aromatic heterocycles. The lowest BCUT2D eigenvalue weighted by Gasteiger charge is -2.54. The van der Waals surface area contributed by atoms with Gasteiger partial charge in [0.2, 0.25) is 0 Å². The van der Waals surface area contributed by atoms with E-state index in [1.54, 1.807) is 7.11 Å². The van der Waals surface area contributed by atoms with Gasteiger partial charge in [0.05, 0.1) is 18.0 Å². The zero-order valence-electron chi connectivity index (χ0n) is 22.5. The van der Waals surface area contributed by atoms with E-state index < -0.39 is 0 Å². The number of fused-ring (bicyclic) bond motifs is 5. The number of nitrogens with one attached hydrogen (secondary N) is 1. The number of anilines is 1. The average molecular weight is 493 g/mol. The quantitative estimate of drug-likeness (QED) is 0.506. The maximum Gasteiger partial charge on any atom is 0.158 e. The standard InChI is InChI=1S/C27H40N8O/c1-18-21-16-34(25-24-23(29-20(3)30-25)19(2)31-33(24)4)14-6-22(21)35(32-18)17-26-7-10-27(11-8-26,12-9-26)28-13-15-36-5/h28H,6-17H2,1-5H3. The molecule has 1 N–H and O–H groups in total. The summed E-state index contributed by atoms with van der Waals surface area (Å²) < 4.78 is 9.58. The molecule has 4 aliphatic rings. The first-order valence-corrected chi connectivity index (χ1v) is 13.5. The van der Waals surface area contributed by atoms with Gasteiger partial charge in [0.1, 0.15) is 16.9 Å². The number of ether oxygens (including phenoxy) is 1. The first-order chi connectivity index (χ1) is 17.3. The maximum atomic E-state index is 5.27. The van der Waals surface area contributed by atoms with Gasteiger partial charge in [0.25, 0.3) is 0 Å². The summed E-state index contributed by atoms with van der Waals surface area (Å²) >= 11 is 0. The molecule has 7 rings (SSSR count). The van der Waals surface area contributed by atoms with Gasteiger partial charge in [-0.2, -0.15) is 10.2 Å². The minimum absolute atomic E-state index is 0.339. The number of aryl methyl sites for hydroxylation is 4. The minimum atomic E-state index is 0.339. The van der Waals surface area contributed by atoms with Crippen LogP contribution in [0, 0.1) is 26.2 Å². The van der Waals surface area contributed by atoms with Crippen molar-refractivity contribution in [2.45, 2.75) is 84.3 Å². The third kappa shape index (κ3) is 3.91. The highest BCUT2D eigenvalue weighted by molar-refractivity contribution is 5.88. The molecular weight excluding hydrogens is 452 g/mol. The fraction of sp³-hybridized carbons (Fsp3) is 0.704. The van der Waals surface area contributed by atoms with Crippen molar-refractivity contribution in [2.75, 3.05) is 31.7 Å². The van der Waals surface area contributed by atoms with Gasteiger partial charge in [0.15, 0.2) is 5.82 Å². The normalized spacial score (nSPS) is 25.6. The van der Waals surface area contributed by atoms with Crippen LogP contribution in [-0.4, -0.2) is 61.9 Å². The zero-order chi connectivity index (χ0) is 25.1. The number of hydrogen-bond donors (Lipinski definition) is 1. The smallest absolute Gasteiger partial charge is 0.158 e. The molecule has 3 aromatic rings. The maximum absolute atomic E-state index is 5.27. The van der Waals surface area contributed by atoms with Crippen LogP contribution < -0.4 is 10.2 Å². The van der Waals surface area contributed by atoms with E-state index in [-0.39, 0.29) is 0 Å². The molecule has 2 bridgehead atoms. The van der Waals surface area contributed by atoms with Crippen molar-refractivity contribution in [2.24, 2.45) is 12.5 Å². The summed E-state index contributed by atoms with van der Waals surface area (Å²) in [5.74, 6) is 1.79. The minimum Gasteiger partial charge on any atom is -0.383 e. The Balaban J connectivity index is 1.22. The molecule has 36 heavy (non-hydrogen) atoms. The van der Waals surface area contributed by atoms with E-state index in [0.717, 1.165) is 73.3 Å². The molecule has 9 nitrogen and oxygen atoms in total. The van der Waals surface area contributed by atoms with Gasteiger partial charge in [-0.3, -0.25) is 9.36 Å². The number of aromatic nitrogens is 6. The van der Waals surface area contributed by atoms with Crippen LogP contribution in [0.4, 0.5) is 5.82 Å². The molecular formula is C27H40N8O. The van der Waals surface area contributed by atoms with Gasteiger partial charge in [-0.05, 0) is 64.7 Å². The lowest BCUT2D eigenvalue weighted by Crippen LogP contribution is -2.56. The predicted molar refractivity (Wildman–Crippen MR) is 140 cm³/mol. The summed E-state index contributed by atoms with van der Waals surface area (Å²) in [7, 11) is 3.78. The van der Waals surface area contributed by atoms with Crippen LogP contribution in [0.1, 0.15) is 67.0 Å². The highest BCUT2D eigenvalue weighted by atomic mass is 16.5. The summed E-state index contributed by atoms with van der Waals surface area (Å²) in [5, 5.41) is 13.6. The van der Waals surface area contributed by atoms with E-state index in [1.165, 1.54) is 49.8 Å². The molecule has 0 amide bonds. The Bertz CT molecular complexity index is 1270.